The minimum atomic E-state index is -1.92. The highest BCUT2D eigenvalue weighted by Gasteiger charge is 2.39. The predicted molar refractivity (Wildman–Crippen MR) is 198 cm³/mol. The molecule has 250 valence electrons. The molecule has 0 saturated heterocycles. The maximum atomic E-state index is 11.9. The van der Waals surface area contributed by atoms with Crippen LogP contribution in [-0.4, -0.2) is 23.8 Å². The SMILES string of the molecule is [2H][C@](O)(/C=C/CCCCCCCCCCCCC)[C@H](COCc1ccccc1)NC(c1ccccc1)(c1ccccc1)c1ccccc1. The Morgan fingerprint density at radius 3 is 1.53 bits per heavy atom. The van der Waals surface area contributed by atoms with Crippen LogP contribution in [0.4, 0.5) is 0 Å². The number of rotatable bonds is 23. The van der Waals surface area contributed by atoms with Crippen molar-refractivity contribution in [3.63, 3.8) is 0 Å². The lowest BCUT2D eigenvalue weighted by Crippen LogP contribution is -2.55. The number of benzene rings is 4. The van der Waals surface area contributed by atoms with E-state index in [2.05, 4.69) is 48.6 Å². The summed E-state index contributed by atoms with van der Waals surface area (Å²) in [6, 6.07) is 40.3. The number of hydrogen-bond acceptors (Lipinski definition) is 3. The van der Waals surface area contributed by atoms with Crippen molar-refractivity contribution < 1.29 is 11.2 Å². The van der Waals surface area contributed by atoms with E-state index < -0.39 is 17.7 Å². The molecule has 4 aromatic rings. The minimum absolute atomic E-state index is 0.145. The molecule has 0 radical (unpaired) electrons. The summed E-state index contributed by atoms with van der Waals surface area (Å²) in [4.78, 5) is 0. The van der Waals surface area contributed by atoms with Gasteiger partial charge in [0.15, 0.2) is 0 Å². The van der Waals surface area contributed by atoms with Crippen LogP contribution in [0.2, 0.25) is 0 Å². The zero-order valence-electron chi connectivity index (χ0n) is 29.5. The number of ether oxygens (including phenoxy) is 1. The second-order valence-electron chi connectivity index (χ2n) is 12.7. The van der Waals surface area contributed by atoms with E-state index in [9.17, 15) is 6.48 Å². The van der Waals surface area contributed by atoms with Gasteiger partial charge in [-0.15, -0.1) is 0 Å². The van der Waals surface area contributed by atoms with Gasteiger partial charge < -0.3 is 9.84 Å². The smallest absolute Gasteiger partial charge is 0.0951 e. The number of unbranched alkanes of at least 4 members (excludes halogenated alkanes) is 11. The summed E-state index contributed by atoms with van der Waals surface area (Å²) < 4.78 is 15.6. The third-order valence-corrected chi connectivity index (χ3v) is 9.03. The fraction of sp³-hybridized carbons (Fsp3) is 0.409. The van der Waals surface area contributed by atoms with Crippen molar-refractivity contribution in [3.8, 4) is 0 Å². The molecule has 0 fully saturated rings. The summed E-state index contributed by atoms with van der Waals surface area (Å²) in [6.07, 6.45) is 16.9. The average Bonchev–Trinajstić information content (AvgIpc) is 3.13. The predicted octanol–water partition coefficient (Wildman–Crippen LogP) is 10.8. The molecule has 0 spiro atoms. The molecule has 0 aliphatic carbocycles. The lowest BCUT2D eigenvalue weighted by Gasteiger charge is -2.41. The van der Waals surface area contributed by atoms with Gasteiger partial charge in [0.25, 0.3) is 0 Å². The summed E-state index contributed by atoms with van der Waals surface area (Å²) in [5, 5.41) is 15.7. The van der Waals surface area contributed by atoms with Crippen molar-refractivity contribution in [1.29, 1.82) is 0 Å². The summed E-state index contributed by atoms with van der Waals surface area (Å²) in [6.45, 7) is 2.81. The summed E-state index contributed by atoms with van der Waals surface area (Å²) in [7, 11) is 0. The van der Waals surface area contributed by atoms with Crippen molar-refractivity contribution in [1.82, 2.24) is 5.32 Å². The molecule has 4 rings (SSSR count). The molecule has 0 aliphatic heterocycles. The monoisotopic (exact) mass is 632 g/mol. The van der Waals surface area contributed by atoms with E-state index >= 15 is 0 Å². The molecule has 0 unspecified atom stereocenters. The van der Waals surface area contributed by atoms with Crippen LogP contribution in [0.1, 0.15) is 108 Å². The second-order valence-corrected chi connectivity index (χ2v) is 12.7. The van der Waals surface area contributed by atoms with Crippen LogP contribution in [0.25, 0.3) is 0 Å². The Labute approximate surface area is 286 Å². The van der Waals surface area contributed by atoms with E-state index in [-0.39, 0.29) is 6.61 Å². The molecule has 3 heteroatoms. The molecule has 0 amide bonds. The maximum absolute atomic E-state index is 11.9. The van der Waals surface area contributed by atoms with E-state index in [1.165, 1.54) is 64.2 Å². The van der Waals surface area contributed by atoms with Gasteiger partial charge in [-0.1, -0.05) is 205 Å². The van der Waals surface area contributed by atoms with Gasteiger partial charge in [-0.2, -0.15) is 0 Å². The van der Waals surface area contributed by atoms with Crippen molar-refractivity contribution in [2.24, 2.45) is 0 Å². The largest absolute Gasteiger partial charge is 0.387 e. The third kappa shape index (κ3) is 11.9. The first-order valence-electron chi connectivity index (χ1n) is 18.5. The Kier molecular flexibility index (Phi) is 15.8. The molecule has 2 atom stereocenters. The van der Waals surface area contributed by atoms with Gasteiger partial charge in [-0.25, -0.2) is 0 Å². The van der Waals surface area contributed by atoms with Gasteiger partial charge in [0, 0.05) is 0 Å². The molecule has 0 saturated carbocycles. The fourth-order valence-corrected chi connectivity index (χ4v) is 6.39. The van der Waals surface area contributed by atoms with Gasteiger partial charge in [0.1, 0.15) is 0 Å². The van der Waals surface area contributed by atoms with Crippen LogP contribution >= 0.6 is 0 Å². The molecule has 0 aromatic heterocycles. The second kappa shape index (κ2) is 21.4. The molecule has 0 heterocycles. The Morgan fingerprint density at radius 2 is 1.06 bits per heavy atom. The molecule has 0 aliphatic rings. The van der Waals surface area contributed by atoms with E-state index in [1.54, 1.807) is 6.08 Å². The Bertz CT molecular complexity index is 1310. The summed E-state index contributed by atoms with van der Waals surface area (Å²) in [5.41, 5.74) is 3.28. The number of aliphatic hydroxyl groups is 1. The minimum Gasteiger partial charge on any atom is -0.387 e. The van der Waals surface area contributed by atoms with Crippen LogP contribution in [0.5, 0.6) is 0 Å². The Balaban J connectivity index is 1.50. The lowest BCUT2D eigenvalue weighted by atomic mass is 9.76. The molecular weight excluding hydrogens is 574 g/mol. The highest BCUT2D eigenvalue weighted by atomic mass is 16.5. The molecule has 4 aromatic carbocycles. The standard InChI is InChI=1S/C44H57NO2/c1-2-3-4-5-6-7-8-9-10-11-12-13-26-35-43(46)42(37-47-36-38-27-18-14-19-28-38)45-44(39-29-20-15-21-30-39,40-31-22-16-23-32-40)41-33-24-17-25-34-41/h14-35,42-43,45-46H,2-13,36-37H2,1H3/b35-26+/t42-,43-/m0/s1/i43D. The lowest BCUT2D eigenvalue weighted by molar-refractivity contribution is 0.0500. The van der Waals surface area contributed by atoms with Gasteiger partial charge in [-0.05, 0) is 35.1 Å². The first kappa shape index (κ1) is 34.8. The first-order valence-corrected chi connectivity index (χ1v) is 18.0. The summed E-state index contributed by atoms with van der Waals surface area (Å²) >= 11 is 0. The van der Waals surface area contributed by atoms with Crippen LogP contribution < -0.4 is 5.32 Å². The van der Waals surface area contributed by atoms with Crippen LogP contribution in [-0.2, 0) is 16.9 Å². The molecule has 2 N–H and O–H groups in total. The van der Waals surface area contributed by atoms with Crippen molar-refractivity contribution in [2.45, 2.75) is 108 Å². The van der Waals surface area contributed by atoms with Gasteiger partial charge in [0.05, 0.1) is 32.2 Å². The first-order chi connectivity index (χ1) is 23.6. The third-order valence-electron chi connectivity index (χ3n) is 9.03. The van der Waals surface area contributed by atoms with Crippen molar-refractivity contribution >= 4 is 0 Å². The average molecular weight is 633 g/mol. The van der Waals surface area contributed by atoms with Gasteiger partial charge in [-0.3, -0.25) is 5.32 Å². The van der Waals surface area contributed by atoms with Crippen LogP contribution in [0, 0.1) is 0 Å². The number of hydrogen-bond donors (Lipinski definition) is 2. The number of allylic oxidation sites excluding steroid dienone is 1. The van der Waals surface area contributed by atoms with Crippen LogP contribution in [0.3, 0.4) is 0 Å². The Hall–Kier alpha value is -3.50. The fourth-order valence-electron chi connectivity index (χ4n) is 6.39. The van der Waals surface area contributed by atoms with Crippen molar-refractivity contribution in [2.75, 3.05) is 6.61 Å². The normalized spacial score (nSPS) is 14.1. The van der Waals surface area contributed by atoms with E-state index in [1.807, 2.05) is 91.0 Å². The van der Waals surface area contributed by atoms with Crippen LogP contribution in [0.15, 0.2) is 133 Å². The summed E-state index contributed by atoms with van der Waals surface area (Å²) in [5.74, 6) is 0. The number of nitrogens with one attached hydrogen (secondary N) is 1. The quantitative estimate of drug-likeness (QED) is 0.0486. The van der Waals surface area contributed by atoms with Gasteiger partial charge in [0.2, 0.25) is 0 Å². The zero-order valence-corrected chi connectivity index (χ0v) is 28.5. The molecule has 47 heavy (non-hydrogen) atoms. The van der Waals surface area contributed by atoms with E-state index in [0.29, 0.717) is 6.61 Å². The molecule has 3 nitrogen and oxygen atoms in total. The van der Waals surface area contributed by atoms with E-state index in [4.69, 9.17) is 4.74 Å². The van der Waals surface area contributed by atoms with E-state index in [0.717, 1.165) is 35.1 Å². The Morgan fingerprint density at radius 1 is 0.638 bits per heavy atom. The topological polar surface area (TPSA) is 41.5 Å². The maximum Gasteiger partial charge on any atom is 0.0951 e. The molecular formula is C44H57NO2. The molecule has 0 bridgehead atoms. The zero-order chi connectivity index (χ0) is 33.8. The highest BCUT2D eigenvalue weighted by Crippen LogP contribution is 2.37. The highest BCUT2D eigenvalue weighted by molar-refractivity contribution is 5.49. The van der Waals surface area contributed by atoms with Gasteiger partial charge >= 0.3 is 0 Å². The van der Waals surface area contributed by atoms with Crippen molar-refractivity contribution in [3.05, 3.63) is 156 Å².